The fraction of sp³-hybridized carbons (Fsp3) is 0.364. The molecule has 5 heteroatoms. The lowest BCUT2D eigenvalue weighted by molar-refractivity contribution is 0.0696. The first kappa shape index (κ1) is 11.0. The average molecular weight is 217 g/mol. The molecule has 0 bridgehead atoms. The van der Waals surface area contributed by atoms with E-state index in [2.05, 4.69) is 0 Å². The quantitative estimate of drug-likeness (QED) is 0.709. The molecule has 82 valence electrons. The molecule has 0 spiro atoms. The molecule has 2 rings (SSSR count). The van der Waals surface area contributed by atoms with Crippen molar-refractivity contribution in [1.29, 1.82) is 0 Å². The van der Waals surface area contributed by atoms with Gasteiger partial charge in [0.2, 0.25) is 0 Å². The molecule has 1 fully saturated rings. The first-order valence-corrected chi connectivity index (χ1v) is 5.14. The number of nitrogens with zero attached hydrogens (tertiary/aromatic N) is 1. The molecule has 0 atom stereocenters. The third-order valence-electron chi connectivity index (χ3n) is 2.60. The SMILES string of the molecule is [B]c1ccc(C(=O)O)c(N2CCOCC2)c1. The Kier molecular flexibility index (Phi) is 3.15. The number of rotatable bonds is 2. The van der Waals surface area contributed by atoms with Crippen LogP contribution in [0.3, 0.4) is 0 Å². The van der Waals surface area contributed by atoms with Gasteiger partial charge in [-0.05, 0) is 12.1 Å². The van der Waals surface area contributed by atoms with Gasteiger partial charge in [-0.3, -0.25) is 0 Å². The fourth-order valence-corrected chi connectivity index (χ4v) is 1.80. The van der Waals surface area contributed by atoms with Crippen LogP contribution in [0, 0.1) is 0 Å². The normalized spacial score (nSPS) is 16.1. The Labute approximate surface area is 95.2 Å². The Morgan fingerprint density at radius 2 is 2.06 bits per heavy atom. The summed E-state index contributed by atoms with van der Waals surface area (Å²) < 4.78 is 5.23. The molecule has 0 amide bonds. The highest BCUT2D eigenvalue weighted by atomic mass is 16.5. The highest BCUT2D eigenvalue weighted by Crippen LogP contribution is 2.20. The molecular formula is C11H12BNO3. The number of morpholine rings is 1. The number of carbonyl (C=O) groups is 1. The summed E-state index contributed by atoms with van der Waals surface area (Å²) in [5.74, 6) is -0.929. The van der Waals surface area contributed by atoms with E-state index in [4.69, 9.17) is 17.7 Å². The molecular weight excluding hydrogens is 205 g/mol. The van der Waals surface area contributed by atoms with Gasteiger partial charge in [-0.2, -0.15) is 0 Å². The first-order valence-electron chi connectivity index (χ1n) is 5.14. The number of hydrogen-bond acceptors (Lipinski definition) is 3. The molecule has 1 heterocycles. The van der Waals surface area contributed by atoms with Crippen LogP contribution in [-0.4, -0.2) is 45.2 Å². The molecule has 0 aromatic heterocycles. The van der Waals surface area contributed by atoms with Crippen molar-refractivity contribution in [3.8, 4) is 0 Å². The van der Waals surface area contributed by atoms with Crippen molar-refractivity contribution in [3.05, 3.63) is 23.8 Å². The second kappa shape index (κ2) is 4.57. The zero-order chi connectivity index (χ0) is 11.5. The number of carboxylic acid groups (broad SMARTS) is 1. The van der Waals surface area contributed by atoms with Gasteiger partial charge in [0.05, 0.1) is 24.5 Å². The van der Waals surface area contributed by atoms with Gasteiger partial charge in [-0.1, -0.05) is 11.5 Å². The molecule has 1 aromatic carbocycles. The number of hydrogen-bond donors (Lipinski definition) is 1. The minimum absolute atomic E-state index is 0.288. The Morgan fingerprint density at radius 3 is 2.69 bits per heavy atom. The van der Waals surface area contributed by atoms with Crippen LogP contribution in [-0.2, 0) is 4.74 Å². The second-order valence-electron chi connectivity index (χ2n) is 3.68. The predicted molar refractivity (Wildman–Crippen MR) is 61.8 cm³/mol. The maximum absolute atomic E-state index is 11.1. The summed E-state index contributed by atoms with van der Waals surface area (Å²) in [6.45, 7) is 2.63. The standard InChI is InChI=1S/C11H12BNO3/c12-8-1-2-9(11(14)15)10(7-8)13-3-5-16-6-4-13/h1-2,7H,3-6H2,(H,14,15). The van der Waals surface area contributed by atoms with Crippen molar-refractivity contribution in [2.45, 2.75) is 0 Å². The summed E-state index contributed by atoms with van der Waals surface area (Å²) in [6, 6.07) is 4.85. The average Bonchev–Trinajstić information content (AvgIpc) is 2.29. The number of anilines is 1. The summed E-state index contributed by atoms with van der Waals surface area (Å²) in [6.07, 6.45) is 0. The van der Waals surface area contributed by atoms with Crippen LogP contribution in [0.5, 0.6) is 0 Å². The topological polar surface area (TPSA) is 49.8 Å². The minimum Gasteiger partial charge on any atom is -0.478 e. The van der Waals surface area contributed by atoms with Gasteiger partial charge in [-0.15, -0.1) is 0 Å². The van der Waals surface area contributed by atoms with Crippen LogP contribution >= 0.6 is 0 Å². The molecule has 0 unspecified atom stereocenters. The lowest BCUT2D eigenvalue weighted by Crippen LogP contribution is -2.37. The van der Waals surface area contributed by atoms with E-state index in [1.54, 1.807) is 18.2 Å². The number of benzene rings is 1. The van der Waals surface area contributed by atoms with Crippen molar-refractivity contribution in [1.82, 2.24) is 0 Å². The zero-order valence-electron chi connectivity index (χ0n) is 8.85. The van der Waals surface area contributed by atoms with E-state index in [9.17, 15) is 4.79 Å². The summed E-state index contributed by atoms with van der Waals surface area (Å²) >= 11 is 0. The molecule has 1 aliphatic heterocycles. The molecule has 1 aliphatic rings. The van der Waals surface area contributed by atoms with Crippen molar-refractivity contribution in [2.75, 3.05) is 31.2 Å². The van der Waals surface area contributed by atoms with E-state index < -0.39 is 5.97 Å². The van der Waals surface area contributed by atoms with Gasteiger partial charge in [0.15, 0.2) is 0 Å². The summed E-state index contributed by atoms with van der Waals surface area (Å²) in [5.41, 5.74) is 1.54. The van der Waals surface area contributed by atoms with Crippen LogP contribution in [0.1, 0.15) is 10.4 Å². The van der Waals surface area contributed by atoms with E-state index in [-0.39, 0.29) is 5.56 Å². The predicted octanol–water partition coefficient (Wildman–Crippen LogP) is 0.0152. The molecule has 16 heavy (non-hydrogen) atoms. The van der Waals surface area contributed by atoms with Gasteiger partial charge in [0.1, 0.15) is 7.85 Å². The van der Waals surface area contributed by atoms with Crippen LogP contribution in [0.15, 0.2) is 18.2 Å². The highest BCUT2D eigenvalue weighted by Gasteiger charge is 2.17. The minimum atomic E-state index is -0.929. The molecule has 1 aromatic rings. The smallest absolute Gasteiger partial charge is 0.337 e. The Hall–Kier alpha value is -1.49. The van der Waals surface area contributed by atoms with Crippen LogP contribution in [0.4, 0.5) is 5.69 Å². The lowest BCUT2D eigenvalue weighted by atomic mass is 9.93. The highest BCUT2D eigenvalue weighted by molar-refractivity contribution is 6.32. The van der Waals surface area contributed by atoms with Gasteiger partial charge in [0.25, 0.3) is 0 Å². The van der Waals surface area contributed by atoms with Gasteiger partial charge >= 0.3 is 5.97 Å². The molecule has 1 saturated heterocycles. The molecule has 4 nitrogen and oxygen atoms in total. The van der Waals surface area contributed by atoms with E-state index in [1.165, 1.54) is 0 Å². The lowest BCUT2D eigenvalue weighted by Gasteiger charge is -2.30. The first-order chi connectivity index (χ1) is 7.68. The van der Waals surface area contributed by atoms with Gasteiger partial charge in [0, 0.05) is 13.1 Å². The van der Waals surface area contributed by atoms with Crippen molar-refractivity contribution in [3.63, 3.8) is 0 Å². The van der Waals surface area contributed by atoms with E-state index in [0.29, 0.717) is 37.5 Å². The maximum atomic E-state index is 11.1. The third-order valence-corrected chi connectivity index (χ3v) is 2.60. The van der Waals surface area contributed by atoms with E-state index in [0.717, 1.165) is 0 Å². The van der Waals surface area contributed by atoms with Crippen LogP contribution in [0.25, 0.3) is 0 Å². The molecule has 0 aliphatic carbocycles. The number of carboxylic acids is 1. The van der Waals surface area contributed by atoms with Gasteiger partial charge in [-0.25, -0.2) is 4.79 Å². The number of ether oxygens (including phenoxy) is 1. The summed E-state index contributed by atoms with van der Waals surface area (Å²) in [5, 5.41) is 9.09. The Morgan fingerprint density at radius 1 is 1.38 bits per heavy atom. The summed E-state index contributed by atoms with van der Waals surface area (Å²) in [7, 11) is 5.68. The Balaban J connectivity index is 2.36. The van der Waals surface area contributed by atoms with Crippen molar-refractivity contribution < 1.29 is 14.6 Å². The summed E-state index contributed by atoms with van der Waals surface area (Å²) in [4.78, 5) is 13.1. The molecule has 2 radical (unpaired) electrons. The molecule has 0 saturated carbocycles. The molecule has 1 N–H and O–H groups in total. The maximum Gasteiger partial charge on any atom is 0.337 e. The Bertz CT molecular complexity index is 402. The number of aromatic carboxylic acids is 1. The van der Waals surface area contributed by atoms with Crippen LogP contribution in [0.2, 0.25) is 0 Å². The van der Waals surface area contributed by atoms with E-state index >= 15 is 0 Å². The van der Waals surface area contributed by atoms with Crippen molar-refractivity contribution >= 4 is 25.0 Å². The third kappa shape index (κ3) is 2.19. The van der Waals surface area contributed by atoms with E-state index in [1.807, 2.05) is 4.90 Å². The monoisotopic (exact) mass is 217 g/mol. The second-order valence-corrected chi connectivity index (χ2v) is 3.68. The van der Waals surface area contributed by atoms with Crippen LogP contribution < -0.4 is 10.4 Å². The largest absolute Gasteiger partial charge is 0.478 e. The zero-order valence-corrected chi connectivity index (χ0v) is 8.85. The van der Waals surface area contributed by atoms with Gasteiger partial charge < -0.3 is 14.7 Å². The van der Waals surface area contributed by atoms with Crippen molar-refractivity contribution in [2.24, 2.45) is 0 Å². The fourth-order valence-electron chi connectivity index (χ4n) is 1.80.